The topological polar surface area (TPSA) is 57.0 Å². The normalized spacial score (nSPS) is 11.1. The van der Waals surface area contributed by atoms with Gasteiger partial charge in [0, 0.05) is 24.1 Å². The van der Waals surface area contributed by atoms with Gasteiger partial charge in [-0.25, -0.2) is 4.98 Å². The lowest BCUT2D eigenvalue weighted by atomic mass is 10.1. The molecule has 7 heteroatoms. The fourth-order valence-electron chi connectivity index (χ4n) is 2.70. The number of aryl methyl sites for hydroxylation is 1. The molecule has 3 aromatic rings. The number of pyridine rings is 1. The Kier molecular flexibility index (Phi) is 7.06. The summed E-state index contributed by atoms with van der Waals surface area (Å²) in [6.45, 7) is 2.59. The number of halogens is 1. The maximum atomic E-state index is 12.6. The molecule has 2 aromatic heterocycles. The van der Waals surface area contributed by atoms with Gasteiger partial charge in [0.25, 0.3) is 0 Å². The van der Waals surface area contributed by atoms with E-state index in [1.54, 1.807) is 42.0 Å². The highest BCUT2D eigenvalue weighted by Crippen LogP contribution is 2.28. The van der Waals surface area contributed by atoms with Gasteiger partial charge in [-0.05, 0) is 58.8 Å². The number of methoxy groups -OCH3 is 1. The van der Waals surface area contributed by atoms with E-state index in [9.17, 15) is 4.79 Å². The van der Waals surface area contributed by atoms with Crippen molar-refractivity contribution >= 4 is 39.6 Å². The Labute approximate surface area is 177 Å². The lowest BCUT2D eigenvalue weighted by Gasteiger charge is -2.09. The van der Waals surface area contributed by atoms with Crippen molar-refractivity contribution in [1.82, 2.24) is 14.8 Å². The molecule has 0 aliphatic rings. The predicted molar refractivity (Wildman–Crippen MR) is 116 cm³/mol. The number of rotatable bonds is 8. The SMILES string of the molecule is CCn1ncc(Br)c1C(=O)/C=C/c1ccc(OC)c(CSc2ccccn2)c1. The molecule has 2 heterocycles. The summed E-state index contributed by atoms with van der Waals surface area (Å²) in [5, 5.41) is 5.15. The molecule has 0 saturated carbocycles. The van der Waals surface area contributed by atoms with Gasteiger partial charge in [0.05, 0.1) is 22.8 Å². The van der Waals surface area contributed by atoms with Crippen molar-refractivity contribution in [1.29, 1.82) is 0 Å². The van der Waals surface area contributed by atoms with Gasteiger partial charge in [0.2, 0.25) is 5.78 Å². The van der Waals surface area contributed by atoms with Gasteiger partial charge in [-0.15, -0.1) is 11.8 Å². The van der Waals surface area contributed by atoms with Gasteiger partial charge in [-0.2, -0.15) is 5.10 Å². The van der Waals surface area contributed by atoms with E-state index in [-0.39, 0.29) is 5.78 Å². The fourth-order valence-corrected chi connectivity index (χ4v) is 4.03. The first-order valence-electron chi connectivity index (χ1n) is 8.76. The third-order valence-corrected chi connectivity index (χ3v) is 5.65. The number of hydrogen-bond donors (Lipinski definition) is 0. The maximum Gasteiger partial charge on any atom is 0.205 e. The summed E-state index contributed by atoms with van der Waals surface area (Å²) in [5.74, 6) is 1.45. The molecule has 0 saturated heterocycles. The van der Waals surface area contributed by atoms with E-state index in [0.717, 1.165) is 27.7 Å². The molecule has 0 radical (unpaired) electrons. The Morgan fingerprint density at radius 3 is 2.89 bits per heavy atom. The monoisotopic (exact) mass is 457 g/mol. The molecule has 28 heavy (non-hydrogen) atoms. The summed E-state index contributed by atoms with van der Waals surface area (Å²) in [4.78, 5) is 16.9. The number of carbonyl (C=O) groups excluding carboxylic acids is 1. The molecule has 0 atom stereocenters. The lowest BCUT2D eigenvalue weighted by molar-refractivity contribution is 0.103. The van der Waals surface area contributed by atoms with E-state index in [0.29, 0.717) is 16.7 Å². The highest BCUT2D eigenvalue weighted by Gasteiger charge is 2.14. The first-order chi connectivity index (χ1) is 13.6. The number of benzene rings is 1. The van der Waals surface area contributed by atoms with Crippen LogP contribution in [0.25, 0.3) is 6.08 Å². The van der Waals surface area contributed by atoms with Crippen LogP contribution in [0.2, 0.25) is 0 Å². The largest absolute Gasteiger partial charge is 0.496 e. The summed E-state index contributed by atoms with van der Waals surface area (Å²) >= 11 is 5.04. The molecule has 1 aromatic carbocycles. The summed E-state index contributed by atoms with van der Waals surface area (Å²) in [5.41, 5.74) is 2.54. The molecule has 0 spiro atoms. The second kappa shape index (κ2) is 9.71. The number of aromatic nitrogens is 3. The first-order valence-corrected chi connectivity index (χ1v) is 10.5. The highest BCUT2D eigenvalue weighted by atomic mass is 79.9. The number of carbonyl (C=O) groups is 1. The molecule has 3 rings (SSSR count). The minimum absolute atomic E-state index is 0.0912. The van der Waals surface area contributed by atoms with E-state index < -0.39 is 0 Å². The molecule has 5 nitrogen and oxygen atoms in total. The number of thioether (sulfide) groups is 1. The Bertz CT molecular complexity index is 987. The van der Waals surface area contributed by atoms with Crippen molar-refractivity contribution in [2.75, 3.05) is 7.11 Å². The standard InChI is InChI=1S/C21H20BrN3O2S/c1-3-25-21(17(22)13-24-25)18(26)9-7-15-8-10-19(27-2)16(12-15)14-28-20-6-4-5-11-23-20/h4-13H,3,14H2,1-2H3/b9-7+. The summed E-state index contributed by atoms with van der Waals surface area (Å²) in [6, 6.07) is 11.7. The van der Waals surface area contributed by atoms with Crippen molar-refractivity contribution in [3.63, 3.8) is 0 Å². The van der Waals surface area contributed by atoms with Crippen molar-refractivity contribution in [3.8, 4) is 5.75 Å². The van der Waals surface area contributed by atoms with Crippen molar-refractivity contribution in [2.45, 2.75) is 24.2 Å². The van der Waals surface area contributed by atoms with E-state index in [1.807, 2.05) is 49.4 Å². The molecule has 0 N–H and O–H groups in total. The zero-order chi connectivity index (χ0) is 19.9. The molecule has 144 valence electrons. The van der Waals surface area contributed by atoms with Crippen LogP contribution in [0.1, 0.15) is 28.5 Å². The number of nitrogens with zero attached hydrogens (tertiary/aromatic N) is 3. The maximum absolute atomic E-state index is 12.6. The average Bonchev–Trinajstić information content (AvgIpc) is 3.12. The quantitative estimate of drug-likeness (QED) is 0.262. The molecule has 0 bridgehead atoms. The van der Waals surface area contributed by atoms with E-state index in [4.69, 9.17) is 4.74 Å². The Hall–Kier alpha value is -2.38. The third kappa shape index (κ3) is 4.91. The molecule has 0 amide bonds. The van der Waals surface area contributed by atoms with Crippen LogP contribution in [0.4, 0.5) is 0 Å². The molecule has 0 unspecified atom stereocenters. The second-order valence-corrected chi connectivity index (χ2v) is 7.73. The smallest absolute Gasteiger partial charge is 0.205 e. The Morgan fingerprint density at radius 1 is 1.32 bits per heavy atom. The summed E-state index contributed by atoms with van der Waals surface area (Å²) < 4.78 is 7.86. The van der Waals surface area contributed by atoms with Crippen LogP contribution in [0.5, 0.6) is 5.75 Å². The van der Waals surface area contributed by atoms with E-state index in [2.05, 4.69) is 26.0 Å². The molecular formula is C21H20BrN3O2S. The van der Waals surface area contributed by atoms with Crippen LogP contribution in [0.3, 0.4) is 0 Å². The molecule has 0 fully saturated rings. The zero-order valence-electron chi connectivity index (χ0n) is 15.6. The number of ketones is 1. The van der Waals surface area contributed by atoms with Crippen molar-refractivity contribution in [2.24, 2.45) is 0 Å². The van der Waals surface area contributed by atoms with Crippen molar-refractivity contribution < 1.29 is 9.53 Å². The molecule has 0 aliphatic carbocycles. The summed E-state index contributed by atoms with van der Waals surface area (Å²) in [6.07, 6.45) is 6.82. The Morgan fingerprint density at radius 2 is 2.18 bits per heavy atom. The van der Waals surface area contributed by atoms with E-state index in [1.165, 1.54) is 0 Å². The van der Waals surface area contributed by atoms with Gasteiger partial charge >= 0.3 is 0 Å². The average molecular weight is 458 g/mol. The van der Waals surface area contributed by atoms with Gasteiger partial charge < -0.3 is 4.74 Å². The van der Waals surface area contributed by atoms with Gasteiger partial charge in [-0.1, -0.05) is 18.2 Å². The van der Waals surface area contributed by atoms with Crippen LogP contribution in [0, 0.1) is 0 Å². The van der Waals surface area contributed by atoms with Gasteiger partial charge in [-0.3, -0.25) is 9.48 Å². The van der Waals surface area contributed by atoms with E-state index >= 15 is 0 Å². The molecule has 0 aliphatic heterocycles. The number of allylic oxidation sites excluding steroid dienone is 1. The lowest BCUT2D eigenvalue weighted by Crippen LogP contribution is -2.07. The third-order valence-electron chi connectivity index (χ3n) is 4.07. The van der Waals surface area contributed by atoms with Gasteiger partial charge in [0.1, 0.15) is 11.4 Å². The van der Waals surface area contributed by atoms with Crippen LogP contribution in [-0.4, -0.2) is 27.7 Å². The van der Waals surface area contributed by atoms with Crippen molar-refractivity contribution in [3.05, 3.63) is 76.2 Å². The number of ether oxygens (including phenoxy) is 1. The minimum Gasteiger partial charge on any atom is -0.496 e. The fraction of sp³-hybridized carbons (Fsp3) is 0.190. The van der Waals surface area contributed by atoms with Gasteiger partial charge in [0.15, 0.2) is 0 Å². The minimum atomic E-state index is -0.0912. The first kappa shape index (κ1) is 20.4. The zero-order valence-corrected chi connectivity index (χ0v) is 18.0. The van der Waals surface area contributed by atoms with Crippen LogP contribution in [0.15, 0.2) is 64.4 Å². The van der Waals surface area contributed by atoms with Crippen LogP contribution in [-0.2, 0) is 12.3 Å². The molecular weight excluding hydrogens is 438 g/mol. The summed E-state index contributed by atoms with van der Waals surface area (Å²) in [7, 11) is 1.66. The Balaban J connectivity index is 1.77. The predicted octanol–water partition coefficient (Wildman–Crippen LogP) is 5.26. The second-order valence-electron chi connectivity index (χ2n) is 5.88. The highest BCUT2D eigenvalue weighted by molar-refractivity contribution is 9.10. The van der Waals surface area contributed by atoms with Crippen LogP contribution < -0.4 is 4.74 Å². The number of hydrogen-bond acceptors (Lipinski definition) is 5. The van der Waals surface area contributed by atoms with Crippen LogP contribution >= 0.6 is 27.7 Å².